The first kappa shape index (κ1) is 14.4. The van der Waals surface area contributed by atoms with Crippen LogP contribution < -0.4 is 10.1 Å². The van der Waals surface area contributed by atoms with Gasteiger partial charge in [0.15, 0.2) is 0 Å². The minimum absolute atomic E-state index is 0.191. The molecule has 5 nitrogen and oxygen atoms in total. The summed E-state index contributed by atoms with van der Waals surface area (Å²) < 4.78 is 10.3. The molecule has 0 bridgehead atoms. The van der Waals surface area contributed by atoms with Crippen LogP contribution in [0.3, 0.4) is 0 Å². The summed E-state index contributed by atoms with van der Waals surface area (Å²) in [6.45, 7) is 2.39. The molecule has 0 aliphatic heterocycles. The minimum Gasteiger partial charge on any atom is -0.508 e. The summed E-state index contributed by atoms with van der Waals surface area (Å²) in [5.41, 5.74) is -0.391. The summed E-state index contributed by atoms with van der Waals surface area (Å²) >= 11 is 0. The molecule has 0 radical (unpaired) electrons. The molecule has 0 spiro atoms. The third kappa shape index (κ3) is 3.31. The summed E-state index contributed by atoms with van der Waals surface area (Å²) in [5, 5.41) is 23.1. The zero-order valence-corrected chi connectivity index (χ0v) is 11.6. The Morgan fingerprint density at radius 3 is 2.80 bits per heavy atom. The van der Waals surface area contributed by atoms with Crippen LogP contribution in [0.5, 0.6) is 11.5 Å². The average Bonchev–Trinajstić information content (AvgIpc) is 2.95. The van der Waals surface area contributed by atoms with Crippen LogP contribution in [-0.2, 0) is 12.1 Å². The highest BCUT2D eigenvalue weighted by atomic mass is 16.5. The lowest BCUT2D eigenvalue weighted by molar-refractivity contribution is 0.0340. The largest absolute Gasteiger partial charge is 0.508 e. The van der Waals surface area contributed by atoms with Gasteiger partial charge >= 0.3 is 0 Å². The van der Waals surface area contributed by atoms with Crippen molar-refractivity contribution in [3.63, 3.8) is 0 Å². The Balaban J connectivity index is 1.96. The predicted octanol–water partition coefficient (Wildman–Crippen LogP) is 1.99. The van der Waals surface area contributed by atoms with Crippen molar-refractivity contribution in [1.29, 1.82) is 0 Å². The zero-order valence-electron chi connectivity index (χ0n) is 11.6. The molecule has 1 heterocycles. The van der Waals surface area contributed by atoms with E-state index in [9.17, 15) is 10.2 Å². The molecule has 1 aromatic heterocycles. The van der Waals surface area contributed by atoms with Gasteiger partial charge in [0.05, 0.1) is 13.4 Å². The van der Waals surface area contributed by atoms with Crippen molar-refractivity contribution in [2.45, 2.75) is 19.1 Å². The fourth-order valence-corrected chi connectivity index (χ4v) is 1.94. The molecule has 2 rings (SSSR count). The number of aromatic hydroxyl groups is 1. The number of nitrogens with one attached hydrogen (secondary N) is 1. The summed E-state index contributed by atoms with van der Waals surface area (Å²) in [5.74, 6) is 1.37. The molecule has 0 amide bonds. The highest BCUT2D eigenvalue weighted by molar-refractivity contribution is 5.39. The maximum atomic E-state index is 10.3. The Hall–Kier alpha value is -1.98. The Bertz CT molecular complexity index is 549. The van der Waals surface area contributed by atoms with Crippen molar-refractivity contribution in [2.75, 3.05) is 13.7 Å². The van der Waals surface area contributed by atoms with Crippen LogP contribution in [0.15, 0.2) is 41.0 Å². The van der Waals surface area contributed by atoms with Crippen molar-refractivity contribution in [3.05, 3.63) is 47.9 Å². The van der Waals surface area contributed by atoms with E-state index >= 15 is 0 Å². The zero-order chi connectivity index (χ0) is 14.6. The highest BCUT2D eigenvalue weighted by Gasteiger charge is 2.25. The molecule has 20 heavy (non-hydrogen) atoms. The van der Waals surface area contributed by atoms with E-state index in [2.05, 4.69) is 5.32 Å². The summed E-state index contributed by atoms with van der Waals surface area (Å²) in [6, 6.07) is 8.49. The van der Waals surface area contributed by atoms with Crippen LogP contribution in [0, 0.1) is 0 Å². The maximum absolute atomic E-state index is 10.3. The summed E-state index contributed by atoms with van der Waals surface area (Å²) in [7, 11) is 1.57. The number of ether oxygens (including phenoxy) is 1. The molecular weight excluding hydrogens is 258 g/mol. The number of rotatable bonds is 6. The van der Waals surface area contributed by atoms with Crippen molar-refractivity contribution in [1.82, 2.24) is 5.32 Å². The molecule has 1 unspecified atom stereocenters. The van der Waals surface area contributed by atoms with Gasteiger partial charge < -0.3 is 24.7 Å². The molecule has 0 fully saturated rings. The van der Waals surface area contributed by atoms with Crippen molar-refractivity contribution >= 4 is 0 Å². The Morgan fingerprint density at radius 1 is 1.35 bits per heavy atom. The smallest absolute Gasteiger partial charge is 0.136 e. The second-order valence-corrected chi connectivity index (χ2v) is 4.85. The second-order valence-electron chi connectivity index (χ2n) is 4.85. The van der Waals surface area contributed by atoms with Crippen LogP contribution in [-0.4, -0.2) is 23.9 Å². The van der Waals surface area contributed by atoms with Gasteiger partial charge in [0.25, 0.3) is 0 Å². The Kier molecular flexibility index (Phi) is 4.32. The monoisotopic (exact) mass is 277 g/mol. The van der Waals surface area contributed by atoms with Crippen molar-refractivity contribution in [2.24, 2.45) is 0 Å². The predicted molar refractivity (Wildman–Crippen MR) is 74.6 cm³/mol. The number of phenols is 1. The van der Waals surface area contributed by atoms with Crippen LogP contribution in [0.1, 0.15) is 18.2 Å². The molecule has 3 N–H and O–H groups in total. The van der Waals surface area contributed by atoms with Crippen LogP contribution in [0.25, 0.3) is 0 Å². The summed E-state index contributed by atoms with van der Waals surface area (Å²) in [6.07, 6.45) is 1.53. The van der Waals surface area contributed by atoms with E-state index in [0.29, 0.717) is 30.2 Å². The Morgan fingerprint density at radius 2 is 2.15 bits per heavy atom. The molecule has 1 aromatic carbocycles. The molecule has 108 valence electrons. The minimum atomic E-state index is -1.10. The number of furan rings is 1. The molecule has 0 aliphatic carbocycles. The normalized spacial score (nSPS) is 13.9. The first-order valence-electron chi connectivity index (χ1n) is 6.36. The van der Waals surface area contributed by atoms with Gasteiger partial charge in [-0.2, -0.15) is 0 Å². The first-order chi connectivity index (χ1) is 9.53. The van der Waals surface area contributed by atoms with E-state index in [1.165, 1.54) is 6.26 Å². The number of benzene rings is 1. The molecule has 0 saturated heterocycles. The molecule has 5 heteroatoms. The average molecular weight is 277 g/mol. The fraction of sp³-hybridized carbons (Fsp3) is 0.333. The van der Waals surface area contributed by atoms with E-state index in [1.54, 1.807) is 44.4 Å². The van der Waals surface area contributed by atoms with E-state index in [-0.39, 0.29) is 5.75 Å². The van der Waals surface area contributed by atoms with Gasteiger partial charge in [0, 0.05) is 18.7 Å². The number of methoxy groups -OCH3 is 1. The second kappa shape index (κ2) is 5.98. The topological polar surface area (TPSA) is 74.9 Å². The maximum Gasteiger partial charge on any atom is 0.136 e. The Labute approximate surface area is 117 Å². The van der Waals surface area contributed by atoms with Gasteiger partial charge in [-0.1, -0.05) is 0 Å². The van der Waals surface area contributed by atoms with E-state index in [1.807, 2.05) is 0 Å². The molecule has 2 aromatic rings. The van der Waals surface area contributed by atoms with Crippen LogP contribution >= 0.6 is 0 Å². The van der Waals surface area contributed by atoms with Gasteiger partial charge in [-0.05, 0) is 37.3 Å². The summed E-state index contributed by atoms with van der Waals surface area (Å²) in [4.78, 5) is 0. The molecular formula is C15H19NO4. The number of aliphatic hydroxyl groups is 1. The van der Waals surface area contributed by atoms with Crippen molar-refractivity contribution < 1.29 is 19.4 Å². The quantitative estimate of drug-likeness (QED) is 0.753. The third-order valence-corrected chi connectivity index (χ3v) is 3.12. The lowest BCUT2D eigenvalue weighted by atomic mass is 10.0. The highest BCUT2D eigenvalue weighted by Crippen LogP contribution is 2.24. The fourth-order valence-electron chi connectivity index (χ4n) is 1.94. The van der Waals surface area contributed by atoms with Crippen LogP contribution in [0.4, 0.5) is 0 Å². The van der Waals surface area contributed by atoms with Gasteiger partial charge in [-0.15, -0.1) is 0 Å². The van der Waals surface area contributed by atoms with E-state index < -0.39 is 5.60 Å². The van der Waals surface area contributed by atoms with Gasteiger partial charge in [0.2, 0.25) is 0 Å². The van der Waals surface area contributed by atoms with Crippen molar-refractivity contribution in [3.8, 4) is 11.5 Å². The number of hydrogen-bond acceptors (Lipinski definition) is 5. The number of phenolic OH excluding ortho intramolecular Hbond substituents is 1. The van der Waals surface area contributed by atoms with Gasteiger partial charge in [0.1, 0.15) is 22.9 Å². The molecule has 0 saturated carbocycles. The van der Waals surface area contributed by atoms with E-state index in [4.69, 9.17) is 9.15 Å². The third-order valence-electron chi connectivity index (χ3n) is 3.12. The van der Waals surface area contributed by atoms with Gasteiger partial charge in [-0.25, -0.2) is 0 Å². The molecule has 1 atom stereocenters. The number of hydrogen-bond donors (Lipinski definition) is 3. The van der Waals surface area contributed by atoms with Gasteiger partial charge in [-0.3, -0.25) is 0 Å². The first-order valence-corrected chi connectivity index (χ1v) is 6.36. The molecule has 0 aliphatic rings. The standard InChI is InChI=1S/C15H19NO4/c1-15(18,14-4-3-7-20-14)10-16-9-11-8-12(19-2)5-6-13(11)17/h3-8,16-18H,9-10H2,1-2H3. The van der Waals surface area contributed by atoms with Crippen LogP contribution in [0.2, 0.25) is 0 Å². The SMILES string of the molecule is COc1ccc(O)c(CNCC(C)(O)c2ccco2)c1. The lowest BCUT2D eigenvalue weighted by Crippen LogP contribution is -2.34. The van der Waals surface area contributed by atoms with E-state index in [0.717, 1.165) is 0 Å². The lowest BCUT2D eigenvalue weighted by Gasteiger charge is -2.21.